The maximum atomic E-state index is 8.57. The number of nitrogens with zero attached hydrogens (tertiary/aromatic N) is 3. The summed E-state index contributed by atoms with van der Waals surface area (Å²) in [7, 11) is 0.874. The van der Waals surface area contributed by atoms with E-state index in [0.29, 0.717) is 6.73 Å². The molecule has 1 heterocycles. The summed E-state index contributed by atoms with van der Waals surface area (Å²) < 4.78 is 9.42. The van der Waals surface area contributed by atoms with Crippen molar-refractivity contribution in [2.75, 3.05) is 6.61 Å². The Kier molecular flexibility index (Phi) is 7.19. The SMILES string of the molecule is C[n+]1ccn(COCC[Si](C)(C)C)c1/C=N/O.[Cl-]. The summed E-state index contributed by atoms with van der Waals surface area (Å²) in [6.07, 6.45) is 5.21. The van der Waals surface area contributed by atoms with E-state index in [2.05, 4.69) is 24.8 Å². The van der Waals surface area contributed by atoms with E-state index in [1.54, 1.807) is 0 Å². The van der Waals surface area contributed by atoms with Crippen molar-refractivity contribution in [2.24, 2.45) is 12.2 Å². The minimum absolute atomic E-state index is 0. The van der Waals surface area contributed by atoms with Crippen molar-refractivity contribution in [1.29, 1.82) is 0 Å². The van der Waals surface area contributed by atoms with Crippen molar-refractivity contribution in [2.45, 2.75) is 32.4 Å². The molecule has 104 valence electrons. The number of aryl methyl sites for hydroxylation is 1. The molecule has 0 saturated heterocycles. The Morgan fingerprint density at radius 3 is 2.72 bits per heavy atom. The molecule has 0 saturated carbocycles. The third kappa shape index (κ3) is 5.66. The van der Waals surface area contributed by atoms with E-state index in [1.165, 1.54) is 6.21 Å². The summed E-state index contributed by atoms with van der Waals surface area (Å²) in [6.45, 7) is 8.27. The quantitative estimate of drug-likeness (QED) is 0.172. The summed E-state index contributed by atoms with van der Waals surface area (Å²) in [5.74, 6) is 0.806. The number of hydrogen-bond acceptors (Lipinski definition) is 3. The van der Waals surface area contributed by atoms with E-state index in [-0.39, 0.29) is 12.4 Å². The van der Waals surface area contributed by atoms with Gasteiger partial charge in [0.15, 0.2) is 12.9 Å². The molecule has 7 heteroatoms. The van der Waals surface area contributed by atoms with E-state index in [0.717, 1.165) is 18.5 Å². The molecule has 0 aliphatic rings. The molecule has 0 aliphatic heterocycles. The Bertz CT molecular complexity index is 388. The third-order valence-corrected chi connectivity index (χ3v) is 4.23. The van der Waals surface area contributed by atoms with Crippen LogP contribution in [0.5, 0.6) is 0 Å². The second-order valence-corrected chi connectivity index (χ2v) is 11.0. The van der Waals surface area contributed by atoms with Gasteiger partial charge in [0, 0.05) is 14.7 Å². The first-order valence-corrected chi connectivity index (χ1v) is 9.45. The smallest absolute Gasteiger partial charge is 0.305 e. The Morgan fingerprint density at radius 2 is 2.17 bits per heavy atom. The molecule has 0 amide bonds. The van der Waals surface area contributed by atoms with Gasteiger partial charge in [0.25, 0.3) is 0 Å². The second-order valence-electron chi connectivity index (χ2n) is 5.33. The normalized spacial score (nSPS) is 11.8. The van der Waals surface area contributed by atoms with Gasteiger partial charge in [-0.2, -0.15) is 0 Å². The lowest BCUT2D eigenvalue weighted by molar-refractivity contribution is -0.672. The maximum absolute atomic E-state index is 8.57. The Balaban J connectivity index is 0.00000289. The second kappa shape index (κ2) is 7.55. The van der Waals surface area contributed by atoms with Crippen LogP contribution in [0.2, 0.25) is 25.7 Å². The highest BCUT2D eigenvalue weighted by Crippen LogP contribution is 2.07. The van der Waals surface area contributed by atoms with Crippen molar-refractivity contribution in [3.63, 3.8) is 0 Å². The summed E-state index contributed by atoms with van der Waals surface area (Å²) in [6, 6.07) is 1.16. The van der Waals surface area contributed by atoms with E-state index >= 15 is 0 Å². The van der Waals surface area contributed by atoms with E-state index in [1.807, 2.05) is 28.6 Å². The highest BCUT2D eigenvalue weighted by atomic mass is 35.5. The molecule has 0 radical (unpaired) electrons. The fourth-order valence-corrected chi connectivity index (χ4v) is 2.16. The zero-order chi connectivity index (χ0) is 12.9. The van der Waals surface area contributed by atoms with E-state index in [4.69, 9.17) is 9.94 Å². The molecule has 0 aliphatic carbocycles. The molecule has 5 nitrogen and oxygen atoms in total. The first-order valence-electron chi connectivity index (χ1n) is 5.74. The molecular weight excluding hydrogens is 270 g/mol. The maximum Gasteiger partial charge on any atom is 0.305 e. The van der Waals surface area contributed by atoms with Crippen molar-refractivity contribution in [3.05, 3.63) is 18.2 Å². The van der Waals surface area contributed by atoms with Crippen LogP contribution < -0.4 is 17.0 Å². The number of hydrogen-bond donors (Lipinski definition) is 1. The largest absolute Gasteiger partial charge is 1.00 e. The first-order chi connectivity index (χ1) is 7.94. The zero-order valence-electron chi connectivity index (χ0n) is 11.4. The van der Waals surface area contributed by atoms with Crippen LogP contribution in [0.15, 0.2) is 17.5 Å². The number of rotatable bonds is 6. The van der Waals surface area contributed by atoms with Gasteiger partial charge in [0.05, 0.1) is 7.05 Å². The predicted molar refractivity (Wildman–Crippen MR) is 69.1 cm³/mol. The molecule has 0 atom stereocenters. The van der Waals surface area contributed by atoms with Gasteiger partial charge in [-0.05, 0) is 6.04 Å². The molecule has 0 aromatic carbocycles. The lowest BCUT2D eigenvalue weighted by Crippen LogP contribution is -3.00. The average Bonchev–Trinajstić information content (AvgIpc) is 2.55. The summed E-state index contributed by atoms with van der Waals surface area (Å²) in [4.78, 5) is 0. The molecule has 1 rings (SSSR count). The number of oxime groups is 1. The summed E-state index contributed by atoms with van der Waals surface area (Å²) in [5, 5.41) is 11.6. The standard InChI is InChI=1S/C11H21N3O2Si.ClH/c1-13-5-6-14(11(13)9-12-15)10-16-7-8-17(2,3)4;/h5-6,9H,7-8,10H2,1-4H3;1H. The number of ether oxygens (including phenoxy) is 1. The topological polar surface area (TPSA) is 50.6 Å². The monoisotopic (exact) mass is 291 g/mol. The summed E-state index contributed by atoms with van der Waals surface area (Å²) >= 11 is 0. The van der Waals surface area contributed by atoms with Crippen molar-refractivity contribution < 1.29 is 26.9 Å². The Hall–Kier alpha value is -0.853. The molecule has 18 heavy (non-hydrogen) atoms. The lowest BCUT2D eigenvalue weighted by atomic mass is 10.6. The van der Waals surface area contributed by atoms with Gasteiger partial charge >= 0.3 is 5.82 Å². The van der Waals surface area contributed by atoms with Crippen molar-refractivity contribution in [3.8, 4) is 0 Å². The van der Waals surface area contributed by atoms with Crippen LogP contribution in [-0.2, 0) is 18.5 Å². The minimum atomic E-state index is -1.02. The van der Waals surface area contributed by atoms with Crippen LogP contribution in [0.25, 0.3) is 0 Å². The van der Waals surface area contributed by atoms with Crippen LogP contribution in [0.1, 0.15) is 5.82 Å². The van der Waals surface area contributed by atoms with Gasteiger partial charge in [-0.25, -0.2) is 9.13 Å². The molecule has 1 aromatic rings. The van der Waals surface area contributed by atoms with Gasteiger partial charge in [-0.1, -0.05) is 24.8 Å². The molecule has 0 unspecified atom stereocenters. The molecular formula is C11H22ClN3O2Si. The third-order valence-electron chi connectivity index (χ3n) is 2.53. The molecule has 1 N–H and O–H groups in total. The van der Waals surface area contributed by atoms with Crippen LogP contribution >= 0.6 is 0 Å². The predicted octanol–water partition coefficient (Wildman–Crippen LogP) is -1.56. The van der Waals surface area contributed by atoms with Crippen molar-refractivity contribution in [1.82, 2.24) is 4.57 Å². The van der Waals surface area contributed by atoms with Crippen LogP contribution in [0, 0.1) is 0 Å². The fourth-order valence-electron chi connectivity index (χ4n) is 1.40. The Morgan fingerprint density at radius 1 is 1.50 bits per heavy atom. The van der Waals surface area contributed by atoms with Gasteiger partial charge in [0.2, 0.25) is 0 Å². The van der Waals surface area contributed by atoms with Gasteiger partial charge < -0.3 is 22.4 Å². The van der Waals surface area contributed by atoms with Crippen LogP contribution in [0.3, 0.4) is 0 Å². The van der Waals surface area contributed by atoms with E-state index in [9.17, 15) is 0 Å². The molecule has 0 spiro atoms. The molecule has 0 fully saturated rings. The number of halogens is 1. The Labute approximate surface area is 115 Å². The lowest BCUT2D eigenvalue weighted by Gasteiger charge is -2.14. The first kappa shape index (κ1) is 17.1. The summed E-state index contributed by atoms with van der Waals surface area (Å²) in [5.41, 5.74) is 0. The van der Waals surface area contributed by atoms with Crippen LogP contribution in [-0.4, -0.2) is 30.7 Å². The van der Waals surface area contributed by atoms with Crippen molar-refractivity contribution >= 4 is 14.3 Å². The van der Waals surface area contributed by atoms with Gasteiger partial charge in [0.1, 0.15) is 12.4 Å². The van der Waals surface area contributed by atoms with Gasteiger partial charge in [-0.15, -0.1) is 0 Å². The van der Waals surface area contributed by atoms with Crippen LogP contribution in [0.4, 0.5) is 0 Å². The zero-order valence-corrected chi connectivity index (χ0v) is 13.2. The minimum Gasteiger partial charge on any atom is -1.00 e. The molecule has 1 aromatic heterocycles. The number of imidazole rings is 1. The highest BCUT2D eigenvalue weighted by Gasteiger charge is 2.14. The van der Waals surface area contributed by atoms with E-state index < -0.39 is 8.07 Å². The average molecular weight is 292 g/mol. The fraction of sp³-hybridized carbons (Fsp3) is 0.636. The highest BCUT2D eigenvalue weighted by molar-refractivity contribution is 6.76. The van der Waals surface area contributed by atoms with Gasteiger partial charge in [-0.3, -0.25) is 0 Å². The number of aromatic nitrogens is 2. The molecule has 0 bridgehead atoms.